The number of methoxy groups -OCH3 is 1. The number of Topliss-reactive ketones (excluding diaryl/α,β-unsaturated/α-hetero) is 1. The van der Waals surface area contributed by atoms with E-state index in [9.17, 15) is 24.0 Å². The lowest BCUT2D eigenvalue weighted by Gasteiger charge is -2.26. The zero-order valence-electron chi connectivity index (χ0n) is 22.7. The molecule has 0 bridgehead atoms. The highest BCUT2D eigenvalue weighted by atomic mass is 35.5. The third kappa shape index (κ3) is 6.91. The molecule has 1 aliphatic carbocycles. The van der Waals surface area contributed by atoms with Gasteiger partial charge in [-0.1, -0.05) is 69.2 Å². The van der Waals surface area contributed by atoms with Crippen molar-refractivity contribution in [3.05, 3.63) is 27.7 Å². The van der Waals surface area contributed by atoms with Crippen molar-refractivity contribution in [1.29, 1.82) is 0 Å². The molecule has 1 N–H and O–H groups in total. The minimum atomic E-state index is -1.75. The molecular weight excluding hydrogens is 549 g/mol. The van der Waals surface area contributed by atoms with Gasteiger partial charge in [-0.3, -0.25) is 19.3 Å². The van der Waals surface area contributed by atoms with E-state index in [0.717, 1.165) is 30.6 Å². The molecule has 10 nitrogen and oxygen atoms in total. The van der Waals surface area contributed by atoms with Crippen LogP contribution in [0.1, 0.15) is 75.6 Å². The number of ether oxygens (including phenoxy) is 2. The van der Waals surface area contributed by atoms with Gasteiger partial charge < -0.3 is 14.8 Å². The Bertz CT molecular complexity index is 1140. The standard InChI is InChI=1S/C27H35Cl2N3O7/c1-5-6-7-8-9-10-13-39-25(36)16-14-19(18(29)15-17(16)28)30-22(34)20(21(33)27(2)11-12-27)32-23(35)24(38-4)31(3)26(32)37/h14-15,20,24H,5-13H2,1-4H3,(H,30,34). The van der Waals surface area contributed by atoms with E-state index in [4.69, 9.17) is 32.7 Å². The summed E-state index contributed by atoms with van der Waals surface area (Å²) in [6.45, 7) is 4.03. The van der Waals surface area contributed by atoms with E-state index in [2.05, 4.69) is 12.2 Å². The summed E-state index contributed by atoms with van der Waals surface area (Å²) in [5.41, 5.74) is -0.888. The van der Waals surface area contributed by atoms with Crippen LogP contribution in [0.3, 0.4) is 0 Å². The molecule has 4 amide bonds. The number of likely N-dealkylation sites (N-methyl/N-ethyl adjacent to an activating group) is 1. The molecule has 2 fully saturated rings. The summed E-state index contributed by atoms with van der Waals surface area (Å²) < 4.78 is 10.4. The van der Waals surface area contributed by atoms with Gasteiger partial charge in [0.05, 0.1) is 27.9 Å². The Balaban J connectivity index is 1.78. The van der Waals surface area contributed by atoms with Crippen molar-refractivity contribution in [3.8, 4) is 0 Å². The van der Waals surface area contributed by atoms with Crippen LogP contribution in [0.2, 0.25) is 10.0 Å². The van der Waals surface area contributed by atoms with E-state index in [1.807, 2.05) is 0 Å². The molecule has 1 saturated heterocycles. The van der Waals surface area contributed by atoms with Crippen molar-refractivity contribution in [2.45, 2.75) is 77.5 Å². The molecule has 3 rings (SSSR count). The van der Waals surface area contributed by atoms with Crippen LogP contribution in [0, 0.1) is 5.41 Å². The number of carbonyl (C=O) groups is 5. The molecule has 2 atom stereocenters. The van der Waals surface area contributed by atoms with Crippen LogP contribution in [0.4, 0.5) is 10.5 Å². The fourth-order valence-corrected chi connectivity index (χ4v) is 4.90. The Morgan fingerprint density at radius 1 is 1.08 bits per heavy atom. The van der Waals surface area contributed by atoms with Crippen LogP contribution in [-0.2, 0) is 23.9 Å². The van der Waals surface area contributed by atoms with E-state index in [-0.39, 0.29) is 27.9 Å². The highest BCUT2D eigenvalue weighted by molar-refractivity contribution is 6.38. The zero-order chi connectivity index (χ0) is 28.9. The lowest BCUT2D eigenvalue weighted by molar-refractivity contribution is -0.147. The number of rotatable bonds is 14. The van der Waals surface area contributed by atoms with E-state index >= 15 is 0 Å². The number of imide groups is 1. The van der Waals surface area contributed by atoms with E-state index in [1.54, 1.807) is 6.92 Å². The maximum Gasteiger partial charge on any atom is 0.339 e. The first-order chi connectivity index (χ1) is 18.5. The third-order valence-electron chi connectivity index (χ3n) is 7.15. The number of hydrogen-bond acceptors (Lipinski definition) is 7. The fourth-order valence-electron chi connectivity index (χ4n) is 4.39. The Labute approximate surface area is 238 Å². The van der Waals surface area contributed by atoms with Crippen LogP contribution in [0.5, 0.6) is 0 Å². The van der Waals surface area contributed by atoms with Gasteiger partial charge in [-0.25, -0.2) is 14.5 Å². The van der Waals surface area contributed by atoms with Gasteiger partial charge in [-0.05, 0) is 31.4 Å². The predicted octanol–water partition coefficient (Wildman–Crippen LogP) is 5.05. The normalized spacial score (nSPS) is 18.8. The Morgan fingerprint density at radius 3 is 2.31 bits per heavy atom. The molecule has 0 aromatic heterocycles. The SMILES string of the molecule is CCCCCCCCOC(=O)c1cc(NC(=O)C(C(=O)C2(C)CC2)N2C(=O)C(OC)N(C)C2=O)c(Cl)cc1Cl. The predicted molar refractivity (Wildman–Crippen MR) is 146 cm³/mol. The van der Waals surface area contributed by atoms with Crippen LogP contribution < -0.4 is 5.32 Å². The molecule has 2 aliphatic rings. The average molecular weight is 584 g/mol. The molecule has 214 valence electrons. The van der Waals surface area contributed by atoms with Gasteiger partial charge in [0.1, 0.15) is 0 Å². The summed E-state index contributed by atoms with van der Waals surface area (Å²) >= 11 is 12.5. The molecule has 1 aliphatic heterocycles. The second kappa shape index (κ2) is 13.1. The van der Waals surface area contributed by atoms with Gasteiger partial charge in [0, 0.05) is 19.6 Å². The van der Waals surface area contributed by atoms with Crippen LogP contribution in [-0.4, -0.2) is 72.4 Å². The van der Waals surface area contributed by atoms with Crippen molar-refractivity contribution in [2.75, 3.05) is 26.1 Å². The van der Waals surface area contributed by atoms with Crippen molar-refractivity contribution in [2.24, 2.45) is 5.41 Å². The van der Waals surface area contributed by atoms with Crippen LogP contribution >= 0.6 is 23.2 Å². The Morgan fingerprint density at radius 2 is 1.72 bits per heavy atom. The number of hydrogen-bond donors (Lipinski definition) is 1. The molecule has 0 spiro atoms. The van der Waals surface area contributed by atoms with Crippen LogP contribution in [0.25, 0.3) is 0 Å². The number of nitrogens with zero attached hydrogens (tertiary/aromatic N) is 2. The lowest BCUT2D eigenvalue weighted by atomic mass is 9.95. The number of carbonyl (C=O) groups excluding carboxylic acids is 5. The molecule has 1 aromatic carbocycles. The van der Waals surface area contributed by atoms with Gasteiger partial charge >= 0.3 is 12.0 Å². The van der Waals surface area contributed by atoms with E-state index in [1.165, 1.54) is 32.7 Å². The van der Waals surface area contributed by atoms with Crippen molar-refractivity contribution in [3.63, 3.8) is 0 Å². The zero-order valence-corrected chi connectivity index (χ0v) is 24.2. The largest absolute Gasteiger partial charge is 0.462 e. The molecule has 12 heteroatoms. The molecule has 39 heavy (non-hydrogen) atoms. The minimum Gasteiger partial charge on any atom is -0.462 e. The number of halogens is 2. The van der Waals surface area contributed by atoms with E-state index in [0.29, 0.717) is 24.2 Å². The van der Waals surface area contributed by atoms with Gasteiger partial charge in [0.25, 0.3) is 11.8 Å². The number of esters is 1. The molecular formula is C27H35Cl2N3O7. The summed E-state index contributed by atoms with van der Waals surface area (Å²) in [4.78, 5) is 67.1. The van der Waals surface area contributed by atoms with Gasteiger partial charge in [-0.15, -0.1) is 0 Å². The third-order valence-corrected chi connectivity index (χ3v) is 7.77. The average Bonchev–Trinajstić information content (AvgIpc) is 3.61. The van der Waals surface area contributed by atoms with Crippen molar-refractivity contribution in [1.82, 2.24) is 9.80 Å². The van der Waals surface area contributed by atoms with Gasteiger partial charge in [0.2, 0.25) is 6.23 Å². The van der Waals surface area contributed by atoms with Crippen molar-refractivity contribution < 1.29 is 33.4 Å². The fraction of sp³-hybridized carbons (Fsp3) is 0.593. The number of benzene rings is 1. The summed E-state index contributed by atoms with van der Waals surface area (Å²) in [7, 11) is 2.58. The first-order valence-electron chi connectivity index (χ1n) is 13.1. The van der Waals surface area contributed by atoms with E-state index < -0.39 is 47.3 Å². The maximum absolute atomic E-state index is 13.5. The van der Waals surface area contributed by atoms with Gasteiger partial charge in [0.15, 0.2) is 11.8 Å². The molecule has 0 radical (unpaired) electrons. The smallest absolute Gasteiger partial charge is 0.339 e. The number of urea groups is 1. The minimum absolute atomic E-state index is 0.00406. The molecule has 1 heterocycles. The Kier molecular flexibility index (Phi) is 10.4. The summed E-state index contributed by atoms with van der Waals surface area (Å²) in [6, 6.07) is -0.0646. The van der Waals surface area contributed by atoms with Crippen molar-refractivity contribution >= 4 is 58.5 Å². The monoisotopic (exact) mass is 583 g/mol. The maximum atomic E-state index is 13.5. The number of amides is 4. The summed E-state index contributed by atoms with van der Waals surface area (Å²) in [5.74, 6) is -3.04. The highest BCUT2D eigenvalue weighted by Crippen LogP contribution is 2.47. The Hall–Kier alpha value is -2.69. The number of ketones is 1. The molecule has 1 aromatic rings. The second-order valence-corrected chi connectivity index (χ2v) is 11.0. The second-order valence-electron chi connectivity index (χ2n) is 10.2. The number of unbranched alkanes of at least 4 members (excludes halogenated alkanes) is 5. The topological polar surface area (TPSA) is 122 Å². The summed E-state index contributed by atoms with van der Waals surface area (Å²) in [6.07, 6.45) is 5.93. The van der Waals surface area contributed by atoms with Crippen LogP contribution in [0.15, 0.2) is 12.1 Å². The highest BCUT2D eigenvalue weighted by Gasteiger charge is 2.57. The lowest BCUT2D eigenvalue weighted by Crippen LogP contribution is -2.54. The number of nitrogens with one attached hydrogen (secondary N) is 1. The summed E-state index contributed by atoms with van der Waals surface area (Å²) in [5, 5.41) is 2.53. The first kappa shape index (κ1) is 30.8. The molecule has 2 unspecified atom stereocenters. The number of anilines is 1. The quantitative estimate of drug-likeness (QED) is 0.141. The van der Waals surface area contributed by atoms with Gasteiger partial charge in [-0.2, -0.15) is 0 Å². The molecule has 1 saturated carbocycles. The first-order valence-corrected chi connectivity index (χ1v) is 13.9.